The number of carbonyl (C=O) groups excluding carboxylic acids is 1. The minimum Gasteiger partial charge on any atom is -0.494 e. The van der Waals surface area contributed by atoms with E-state index < -0.39 is 10.0 Å². The molecule has 1 fully saturated rings. The molecule has 0 bridgehead atoms. The molecule has 0 spiro atoms. The lowest BCUT2D eigenvalue weighted by molar-refractivity contribution is -0.123. The van der Waals surface area contributed by atoms with Crippen molar-refractivity contribution in [3.8, 4) is 5.75 Å². The molecule has 38 heavy (non-hydrogen) atoms. The Morgan fingerprint density at radius 2 is 1.76 bits per heavy atom. The number of hydrogen-bond donors (Lipinski definition) is 0. The Bertz CT molecular complexity index is 1550. The van der Waals surface area contributed by atoms with Gasteiger partial charge in [-0.2, -0.15) is 4.31 Å². The summed E-state index contributed by atoms with van der Waals surface area (Å²) in [5.74, 6) is 0.191. The highest BCUT2D eigenvalue weighted by molar-refractivity contribution is 7.89. The van der Waals surface area contributed by atoms with Crippen LogP contribution in [-0.4, -0.2) is 43.8 Å². The van der Waals surface area contributed by atoms with E-state index in [2.05, 4.69) is 0 Å². The third kappa shape index (κ3) is 5.29. The number of aromatic nitrogens is 1. The maximum Gasteiger partial charge on any atom is 0.243 e. The number of methoxy groups -OCH3 is 1. The average Bonchev–Trinajstić information content (AvgIpc) is 3.39. The minimum absolute atomic E-state index is 0.0737. The van der Waals surface area contributed by atoms with E-state index in [0.717, 1.165) is 15.8 Å². The number of hydrogen-bond acceptors (Lipinski definition) is 6. The van der Waals surface area contributed by atoms with Crippen LogP contribution in [0.15, 0.2) is 71.6 Å². The van der Waals surface area contributed by atoms with Gasteiger partial charge < -0.3 is 4.74 Å². The first-order valence-electron chi connectivity index (χ1n) is 12.3. The monoisotopic (exact) mass is 569 g/mol. The molecule has 10 heteroatoms. The number of rotatable bonds is 7. The fraction of sp³-hybridized carbons (Fsp3) is 0.286. The minimum atomic E-state index is -3.61. The third-order valence-corrected chi connectivity index (χ3v) is 10.3. The predicted molar refractivity (Wildman–Crippen MR) is 151 cm³/mol. The largest absolute Gasteiger partial charge is 0.494 e. The summed E-state index contributed by atoms with van der Waals surface area (Å²) in [5, 5.41) is 1.08. The summed E-state index contributed by atoms with van der Waals surface area (Å²) < 4.78 is 34.0. The second-order valence-corrected chi connectivity index (χ2v) is 12.6. The van der Waals surface area contributed by atoms with Crippen molar-refractivity contribution in [3.05, 3.63) is 82.9 Å². The van der Waals surface area contributed by atoms with E-state index in [9.17, 15) is 13.2 Å². The first-order valence-corrected chi connectivity index (χ1v) is 15.0. The lowest BCUT2D eigenvalue weighted by Crippen LogP contribution is -2.44. The van der Waals surface area contributed by atoms with Gasteiger partial charge in [0, 0.05) is 19.0 Å². The molecule has 1 saturated heterocycles. The van der Waals surface area contributed by atoms with Crippen LogP contribution < -0.4 is 9.64 Å². The molecule has 0 N–H and O–H groups in total. The van der Waals surface area contributed by atoms with Crippen molar-refractivity contribution < 1.29 is 17.9 Å². The molecule has 4 aromatic rings. The topological polar surface area (TPSA) is 79.8 Å². The summed E-state index contributed by atoms with van der Waals surface area (Å²) in [6.45, 7) is 2.84. The Morgan fingerprint density at radius 1 is 1.08 bits per heavy atom. The van der Waals surface area contributed by atoms with Crippen LogP contribution in [0.2, 0.25) is 5.02 Å². The second-order valence-electron chi connectivity index (χ2n) is 9.33. The highest BCUT2D eigenvalue weighted by Gasteiger charge is 2.35. The zero-order valence-corrected chi connectivity index (χ0v) is 23.5. The van der Waals surface area contributed by atoms with Gasteiger partial charge >= 0.3 is 0 Å². The molecule has 0 radical (unpaired) electrons. The van der Waals surface area contributed by atoms with Gasteiger partial charge in [-0.1, -0.05) is 71.0 Å². The number of amides is 1. The number of aryl methyl sites for hydroxylation is 1. The Kier molecular flexibility index (Phi) is 7.72. The lowest BCUT2D eigenvalue weighted by Gasteiger charge is -2.33. The first kappa shape index (κ1) is 26.6. The molecular weight excluding hydrogens is 542 g/mol. The molecule has 7 nitrogen and oxygen atoms in total. The summed E-state index contributed by atoms with van der Waals surface area (Å²) in [4.78, 5) is 20.7. The van der Waals surface area contributed by atoms with E-state index in [1.807, 2.05) is 37.3 Å². The Hall–Kier alpha value is -2.98. The van der Waals surface area contributed by atoms with Crippen molar-refractivity contribution in [2.45, 2.75) is 31.2 Å². The molecule has 1 aromatic heterocycles. The smallest absolute Gasteiger partial charge is 0.243 e. The molecule has 0 atom stereocenters. The number of benzene rings is 3. The second kappa shape index (κ2) is 11.0. The van der Waals surface area contributed by atoms with Gasteiger partial charge in [-0.15, -0.1) is 0 Å². The fourth-order valence-corrected chi connectivity index (χ4v) is 7.38. The van der Waals surface area contributed by atoms with E-state index in [4.69, 9.17) is 21.3 Å². The predicted octanol–water partition coefficient (Wildman–Crippen LogP) is 5.90. The van der Waals surface area contributed by atoms with E-state index in [1.54, 1.807) is 48.4 Å². The summed E-state index contributed by atoms with van der Waals surface area (Å²) >= 11 is 7.81. The highest BCUT2D eigenvalue weighted by atomic mass is 35.5. The van der Waals surface area contributed by atoms with Crippen LogP contribution >= 0.6 is 22.9 Å². The molecular formula is C28H28ClN3O4S2. The molecule has 0 saturated carbocycles. The first-order chi connectivity index (χ1) is 18.3. The third-order valence-electron chi connectivity index (χ3n) is 6.81. The lowest BCUT2D eigenvalue weighted by atomic mass is 9.96. The van der Waals surface area contributed by atoms with Gasteiger partial charge in [-0.25, -0.2) is 13.4 Å². The highest BCUT2D eigenvalue weighted by Crippen LogP contribution is 2.40. The van der Waals surface area contributed by atoms with Gasteiger partial charge in [0.2, 0.25) is 15.9 Å². The van der Waals surface area contributed by atoms with E-state index in [0.29, 0.717) is 40.8 Å². The van der Waals surface area contributed by atoms with Crippen molar-refractivity contribution in [2.75, 3.05) is 25.1 Å². The average molecular weight is 570 g/mol. The number of thiazole rings is 1. The molecule has 0 unspecified atom stereocenters. The van der Waals surface area contributed by atoms with Gasteiger partial charge in [-0.3, -0.25) is 9.69 Å². The van der Waals surface area contributed by atoms with E-state index in [1.165, 1.54) is 15.6 Å². The zero-order chi connectivity index (χ0) is 26.9. The van der Waals surface area contributed by atoms with Crippen molar-refractivity contribution in [2.24, 2.45) is 5.92 Å². The van der Waals surface area contributed by atoms with Crippen LogP contribution in [0.25, 0.3) is 10.2 Å². The van der Waals surface area contributed by atoms with Gasteiger partial charge in [0.15, 0.2) is 5.13 Å². The van der Waals surface area contributed by atoms with Crippen LogP contribution in [0.5, 0.6) is 5.75 Å². The number of anilines is 1. The van der Waals surface area contributed by atoms with E-state index in [-0.39, 0.29) is 29.8 Å². The maximum absolute atomic E-state index is 13.9. The number of sulfonamides is 1. The quantitative estimate of drug-likeness (QED) is 0.277. The van der Waals surface area contributed by atoms with Crippen LogP contribution in [-0.2, 0) is 21.4 Å². The standard InChI is InChI=1S/C28H28ClN3O4S2/c1-19-8-10-22(11-9-19)38(34,35)31-16-14-21(15-17-31)27(33)32(18-20-6-4-3-5-7-20)28-30-25-24(36-2)13-12-23(29)26(25)37-28/h3-13,21H,14-18H2,1-2H3. The Morgan fingerprint density at radius 3 is 2.42 bits per heavy atom. The van der Waals surface area contributed by atoms with Gasteiger partial charge in [-0.05, 0) is 49.6 Å². The number of fused-ring (bicyclic) bond motifs is 1. The molecule has 1 aliphatic heterocycles. The number of piperidine rings is 1. The number of ether oxygens (including phenoxy) is 1. The SMILES string of the molecule is COc1ccc(Cl)c2sc(N(Cc3ccccc3)C(=O)C3CCN(S(=O)(=O)c4ccc(C)cc4)CC3)nc12. The van der Waals surface area contributed by atoms with Crippen molar-refractivity contribution >= 4 is 54.2 Å². The Labute approximate surface area is 231 Å². The fourth-order valence-electron chi connectivity index (χ4n) is 4.65. The van der Waals surface area contributed by atoms with Crippen LogP contribution in [0.1, 0.15) is 24.0 Å². The summed E-state index contributed by atoms with van der Waals surface area (Å²) in [7, 11) is -2.03. The zero-order valence-electron chi connectivity index (χ0n) is 21.1. The normalized spacial score (nSPS) is 15.0. The van der Waals surface area contributed by atoms with Gasteiger partial charge in [0.05, 0.1) is 28.3 Å². The number of halogens is 1. The van der Waals surface area contributed by atoms with Gasteiger partial charge in [0.1, 0.15) is 11.3 Å². The van der Waals surface area contributed by atoms with Crippen molar-refractivity contribution in [1.29, 1.82) is 0 Å². The number of carbonyl (C=O) groups is 1. The maximum atomic E-state index is 13.9. The number of nitrogens with zero attached hydrogens (tertiary/aromatic N) is 3. The molecule has 198 valence electrons. The van der Waals surface area contributed by atoms with Crippen molar-refractivity contribution in [1.82, 2.24) is 9.29 Å². The van der Waals surface area contributed by atoms with Crippen LogP contribution in [0.4, 0.5) is 5.13 Å². The summed E-state index contributed by atoms with van der Waals surface area (Å²) in [6, 6.07) is 20.1. The van der Waals surface area contributed by atoms with Gasteiger partial charge in [0.25, 0.3) is 0 Å². The molecule has 2 heterocycles. The van der Waals surface area contributed by atoms with E-state index >= 15 is 0 Å². The molecule has 1 amide bonds. The molecule has 0 aliphatic carbocycles. The Balaban J connectivity index is 1.40. The summed E-state index contributed by atoms with van der Waals surface area (Å²) in [5.41, 5.74) is 2.59. The molecule has 1 aliphatic rings. The molecule has 5 rings (SSSR count). The molecule has 3 aromatic carbocycles. The van der Waals surface area contributed by atoms with Crippen LogP contribution in [0, 0.1) is 12.8 Å². The van der Waals surface area contributed by atoms with Crippen molar-refractivity contribution in [3.63, 3.8) is 0 Å². The van der Waals surface area contributed by atoms with Crippen LogP contribution in [0.3, 0.4) is 0 Å². The summed E-state index contributed by atoms with van der Waals surface area (Å²) in [6.07, 6.45) is 0.869.